The lowest BCUT2D eigenvalue weighted by molar-refractivity contribution is -0.310. The van der Waals surface area contributed by atoms with Gasteiger partial charge < -0.3 is 14.9 Å². The van der Waals surface area contributed by atoms with E-state index in [9.17, 15) is 15.0 Å². The zero-order chi connectivity index (χ0) is 18.8. The zero-order valence-electron chi connectivity index (χ0n) is 16.7. The summed E-state index contributed by atoms with van der Waals surface area (Å²) in [5.74, 6) is 1.29. The number of carbonyl (C=O) groups is 1. The number of rotatable bonds is 2. The number of aliphatic hydroxyl groups excluding tert-OH is 1. The van der Waals surface area contributed by atoms with Crippen LogP contribution in [0.15, 0.2) is 0 Å². The first-order valence-electron chi connectivity index (χ1n) is 10.6. The van der Waals surface area contributed by atoms with Crippen molar-refractivity contribution < 1.29 is 19.7 Å². The van der Waals surface area contributed by atoms with Crippen molar-refractivity contribution in [1.82, 2.24) is 0 Å². The molecule has 0 heterocycles. The van der Waals surface area contributed by atoms with E-state index in [4.69, 9.17) is 4.74 Å². The quantitative estimate of drug-likeness (QED) is 0.740. The van der Waals surface area contributed by atoms with Gasteiger partial charge in [-0.3, -0.25) is 4.79 Å². The highest BCUT2D eigenvalue weighted by molar-refractivity contribution is 5.66. The molecule has 4 nitrogen and oxygen atoms in total. The van der Waals surface area contributed by atoms with Crippen molar-refractivity contribution >= 4 is 5.97 Å². The molecule has 6 fully saturated rings. The van der Waals surface area contributed by atoms with Crippen LogP contribution in [0.5, 0.6) is 0 Å². The lowest BCUT2D eigenvalue weighted by Gasteiger charge is -2.71. The van der Waals surface area contributed by atoms with E-state index in [1.165, 1.54) is 6.92 Å². The molecular weight excluding hydrogens is 328 g/mol. The van der Waals surface area contributed by atoms with Gasteiger partial charge in [0.2, 0.25) is 0 Å². The number of fused-ring (bicyclic) bond motifs is 1. The van der Waals surface area contributed by atoms with Gasteiger partial charge in [-0.15, -0.1) is 0 Å². The molecule has 0 amide bonds. The van der Waals surface area contributed by atoms with Gasteiger partial charge in [-0.05, 0) is 67.1 Å². The normalized spacial score (nSPS) is 62.2. The van der Waals surface area contributed by atoms with E-state index in [1.54, 1.807) is 0 Å². The predicted octanol–water partition coefficient (Wildman–Crippen LogP) is 3.29. The van der Waals surface area contributed by atoms with Gasteiger partial charge in [0.1, 0.15) is 6.10 Å². The van der Waals surface area contributed by atoms with E-state index in [0.717, 1.165) is 44.9 Å². The van der Waals surface area contributed by atoms with Gasteiger partial charge in [0.15, 0.2) is 0 Å². The number of ether oxygens (including phenoxy) is 1. The van der Waals surface area contributed by atoms with Crippen molar-refractivity contribution in [2.45, 2.75) is 84.3 Å². The van der Waals surface area contributed by atoms with Gasteiger partial charge in [0, 0.05) is 24.4 Å². The van der Waals surface area contributed by atoms with Crippen LogP contribution in [0.2, 0.25) is 0 Å². The molecule has 26 heavy (non-hydrogen) atoms. The van der Waals surface area contributed by atoms with Gasteiger partial charge in [-0.25, -0.2) is 0 Å². The van der Waals surface area contributed by atoms with Crippen LogP contribution in [0, 0.1) is 39.4 Å². The van der Waals surface area contributed by atoms with Crippen molar-refractivity contribution in [3.05, 3.63) is 0 Å². The Kier molecular flexibility index (Phi) is 3.15. The van der Waals surface area contributed by atoms with E-state index in [-0.39, 0.29) is 40.8 Å². The molecule has 6 rings (SSSR count). The van der Waals surface area contributed by atoms with Gasteiger partial charge in [-0.2, -0.15) is 0 Å². The summed E-state index contributed by atoms with van der Waals surface area (Å²) in [4.78, 5) is 12.0. The fourth-order valence-corrected chi connectivity index (χ4v) is 9.08. The molecule has 2 N–H and O–H groups in total. The first-order chi connectivity index (χ1) is 12.1. The van der Waals surface area contributed by atoms with Crippen LogP contribution in [0.4, 0.5) is 0 Å². The highest BCUT2D eigenvalue weighted by atomic mass is 16.5. The van der Waals surface area contributed by atoms with Gasteiger partial charge in [0.05, 0.1) is 5.60 Å². The highest BCUT2D eigenvalue weighted by Crippen LogP contribution is 2.86. The summed E-state index contributed by atoms with van der Waals surface area (Å²) >= 11 is 0. The minimum atomic E-state index is -0.781. The minimum Gasteiger partial charge on any atom is -0.462 e. The van der Waals surface area contributed by atoms with Crippen LogP contribution in [0.3, 0.4) is 0 Å². The van der Waals surface area contributed by atoms with E-state index in [2.05, 4.69) is 20.8 Å². The molecule has 0 saturated heterocycles. The predicted molar refractivity (Wildman–Crippen MR) is 97.1 cm³/mol. The molecule has 6 saturated carbocycles. The molecule has 0 radical (unpaired) electrons. The molecular formula is C22H34O4. The maximum Gasteiger partial charge on any atom is 0.302 e. The second-order valence-electron chi connectivity index (χ2n) is 11.3. The smallest absolute Gasteiger partial charge is 0.302 e. The van der Waals surface area contributed by atoms with Gasteiger partial charge in [0.25, 0.3) is 0 Å². The van der Waals surface area contributed by atoms with Crippen molar-refractivity contribution in [2.24, 2.45) is 39.4 Å². The molecule has 6 aliphatic carbocycles. The van der Waals surface area contributed by atoms with Crippen LogP contribution in [0.1, 0.15) is 72.6 Å². The molecule has 0 aliphatic heterocycles. The Morgan fingerprint density at radius 1 is 1.15 bits per heavy atom. The van der Waals surface area contributed by atoms with Crippen LogP contribution < -0.4 is 0 Å². The zero-order valence-corrected chi connectivity index (χ0v) is 16.7. The summed E-state index contributed by atoms with van der Waals surface area (Å²) in [6.07, 6.45) is 6.53. The summed E-state index contributed by atoms with van der Waals surface area (Å²) in [6, 6.07) is 0. The third-order valence-corrected chi connectivity index (χ3v) is 10.4. The van der Waals surface area contributed by atoms with E-state index in [1.807, 2.05) is 0 Å². The van der Waals surface area contributed by atoms with Crippen molar-refractivity contribution in [1.29, 1.82) is 0 Å². The van der Waals surface area contributed by atoms with Gasteiger partial charge in [-0.1, -0.05) is 27.2 Å². The fourth-order valence-electron chi connectivity index (χ4n) is 9.08. The lowest BCUT2D eigenvalue weighted by atomic mass is 9.36. The summed E-state index contributed by atoms with van der Waals surface area (Å²) in [6.45, 7) is 8.49. The molecule has 146 valence electrons. The Balaban J connectivity index is 1.65. The molecule has 6 aliphatic rings. The third kappa shape index (κ3) is 1.65. The SMILES string of the molecule is CC(=O)OC1CC2C(C)(CO)CCCC2(C)C2(O)CC3C4CC12CC43C. The second-order valence-corrected chi connectivity index (χ2v) is 11.3. The Labute approximate surface area is 156 Å². The van der Waals surface area contributed by atoms with E-state index < -0.39 is 5.60 Å². The Hall–Kier alpha value is -0.610. The van der Waals surface area contributed by atoms with Gasteiger partial charge >= 0.3 is 5.97 Å². The lowest BCUT2D eigenvalue weighted by Crippen LogP contribution is -2.74. The van der Waals surface area contributed by atoms with Crippen LogP contribution in [-0.2, 0) is 9.53 Å². The topological polar surface area (TPSA) is 66.8 Å². The van der Waals surface area contributed by atoms with Crippen molar-refractivity contribution in [2.75, 3.05) is 6.61 Å². The van der Waals surface area contributed by atoms with Crippen LogP contribution >= 0.6 is 0 Å². The summed E-state index contributed by atoms with van der Waals surface area (Å²) in [5.41, 5.74) is -1.11. The Bertz CT molecular complexity index is 677. The first kappa shape index (κ1) is 17.5. The average Bonchev–Trinajstić information content (AvgIpc) is 2.96. The van der Waals surface area contributed by atoms with Crippen molar-refractivity contribution in [3.8, 4) is 0 Å². The Morgan fingerprint density at radius 2 is 1.85 bits per heavy atom. The number of carbonyl (C=O) groups excluding carboxylic acids is 1. The summed E-state index contributed by atoms with van der Waals surface area (Å²) < 4.78 is 5.95. The molecule has 9 atom stereocenters. The fraction of sp³-hybridized carbons (Fsp3) is 0.955. The average molecular weight is 363 g/mol. The summed E-state index contributed by atoms with van der Waals surface area (Å²) in [5, 5.41) is 22.6. The molecule has 1 spiro atoms. The molecule has 9 unspecified atom stereocenters. The van der Waals surface area contributed by atoms with E-state index >= 15 is 0 Å². The van der Waals surface area contributed by atoms with Crippen molar-refractivity contribution in [3.63, 3.8) is 0 Å². The minimum absolute atomic E-state index is 0.146. The number of hydrogen-bond donors (Lipinski definition) is 2. The van der Waals surface area contributed by atoms with E-state index in [0.29, 0.717) is 17.3 Å². The van der Waals surface area contributed by atoms with Crippen LogP contribution in [0.25, 0.3) is 0 Å². The Morgan fingerprint density at radius 3 is 2.42 bits per heavy atom. The maximum absolute atomic E-state index is 12.4. The number of aliphatic hydroxyl groups is 2. The maximum atomic E-state index is 12.4. The highest BCUT2D eigenvalue weighted by Gasteiger charge is 2.86. The monoisotopic (exact) mass is 362 g/mol. The molecule has 0 aromatic rings. The van der Waals surface area contributed by atoms with Crippen LogP contribution in [-0.4, -0.2) is 34.5 Å². The number of hydrogen-bond acceptors (Lipinski definition) is 4. The number of esters is 1. The summed E-state index contributed by atoms with van der Waals surface area (Å²) in [7, 11) is 0. The first-order valence-corrected chi connectivity index (χ1v) is 10.6. The standard InChI is InChI=1S/C22H34O4/c1-13(24)26-17-8-16-18(2,12-23)6-5-7-20(16,4)22(25)10-15-14-9-21(17,22)11-19(14,15)3/h14-17,23,25H,5-12H2,1-4H3. The molecule has 4 bridgehead atoms. The molecule has 0 aromatic carbocycles. The molecule has 0 aromatic heterocycles. The largest absolute Gasteiger partial charge is 0.462 e. The molecule has 4 heteroatoms. The second kappa shape index (κ2) is 4.68. The third-order valence-electron chi connectivity index (χ3n) is 10.4.